The highest BCUT2D eigenvalue weighted by Crippen LogP contribution is 2.23. The highest BCUT2D eigenvalue weighted by atomic mass is 16.2. The van der Waals surface area contributed by atoms with Gasteiger partial charge in [-0.3, -0.25) is 14.4 Å². The molecule has 19 heavy (non-hydrogen) atoms. The van der Waals surface area contributed by atoms with Crippen molar-refractivity contribution in [1.29, 1.82) is 0 Å². The Hall–Kier alpha value is -1.59. The molecule has 2 fully saturated rings. The minimum atomic E-state index is -0.440. The third-order valence-electron chi connectivity index (χ3n) is 3.91. The minimum Gasteiger partial charge on any atom is -0.353 e. The summed E-state index contributed by atoms with van der Waals surface area (Å²) in [7, 11) is 0. The van der Waals surface area contributed by atoms with Crippen LogP contribution < -0.4 is 5.32 Å². The Morgan fingerprint density at radius 1 is 1.37 bits per heavy atom. The van der Waals surface area contributed by atoms with Crippen LogP contribution in [0.2, 0.25) is 0 Å². The standard InChI is InChI=1S/C13H21N3O3/c1-8(2)16-7-10(6-11(16)17)13(19)15-5-4-14-12(18)9(15)3/h8-10H,4-7H2,1-3H3,(H,14,18). The molecular formula is C13H21N3O3. The number of carbonyl (C=O) groups is 3. The molecule has 0 saturated carbocycles. The zero-order valence-corrected chi connectivity index (χ0v) is 11.7. The molecule has 106 valence electrons. The molecular weight excluding hydrogens is 246 g/mol. The van der Waals surface area contributed by atoms with E-state index in [0.717, 1.165) is 0 Å². The van der Waals surface area contributed by atoms with E-state index in [0.29, 0.717) is 19.6 Å². The van der Waals surface area contributed by atoms with Crippen molar-refractivity contribution in [3.63, 3.8) is 0 Å². The molecule has 0 spiro atoms. The Morgan fingerprint density at radius 3 is 2.63 bits per heavy atom. The van der Waals surface area contributed by atoms with Crippen LogP contribution in [-0.4, -0.2) is 59.2 Å². The number of hydrogen-bond donors (Lipinski definition) is 1. The molecule has 2 saturated heterocycles. The number of hydrogen-bond acceptors (Lipinski definition) is 3. The van der Waals surface area contributed by atoms with Crippen molar-refractivity contribution < 1.29 is 14.4 Å². The van der Waals surface area contributed by atoms with Crippen molar-refractivity contribution in [1.82, 2.24) is 15.1 Å². The quantitative estimate of drug-likeness (QED) is 0.739. The van der Waals surface area contributed by atoms with E-state index in [1.54, 1.807) is 16.7 Å². The van der Waals surface area contributed by atoms with Crippen LogP contribution in [0.4, 0.5) is 0 Å². The van der Waals surface area contributed by atoms with Crippen molar-refractivity contribution in [3.05, 3.63) is 0 Å². The summed E-state index contributed by atoms with van der Waals surface area (Å²) in [6, 6.07) is -0.322. The van der Waals surface area contributed by atoms with E-state index in [4.69, 9.17) is 0 Å². The fourth-order valence-corrected chi connectivity index (χ4v) is 2.71. The first-order chi connectivity index (χ1) is 8.91. The van der Waals surface area contributed by atoms with Gasteiger partial charge in [-0.2, -0.15) is 0 Å². The van der Waals surface area contributed by atoms with Gasteiger partial charge in [-0.25, -0.2) is 0 Å². The maximum atomic E-state index is 12.4. The van der Waals surface area contributed by atoms with Crippen LogP contribution in [0.25, 0.3) is 0 Å². The van der Waals surface area contributed by atoms with Gasteiger partial charge in [0.25, 0.3) is 0 Å². The Bertz CT molecular complexity index is 408. The molecule has 6 heteroatoms. The SMILES string of the molecule is CC(C)N1CC(C(=O)N2CCNC(=O)C2C)CC1=O. The molecule has 0 aliphatic carbocycles. The van der Waals surface area contributed by atoms with Gasteiger partial charge in [0.05, 0.1) is 5.92 Å². The molecule has 0 aromatic rings. The van der Waals surface area contributed by atoms with E-state index in [1.807, 2.05) is 13.8 Å². The summed E-state index contributed by atoms with van der Waals surface area (Å²) in [4.78, 5) is 39.2. The largest absolute Gasteiger partial charge is 0.353 e. The Morgan fingerprint density at radius 2 is 2.05 bits per heavy atom. The summed E-state index contributed by atoms with van der Waals surface area (Å²) in [6.45, 7) is 7.11. The second kappa shape index (κ2) is 5.19. The molecule has 0 bridgehead atoms. The highest BCUT2D eigenvalue weighted by molar-refractivity contribution is 5.93. The van der Waals surface area contributed by atoms with E-state index in [1.165, 1.54) is 0 Å². The molecule has 2 heterocycles. The summed E-state index contributed by atoms with van der Waals surface area (Å²) in [6.07, 6.45) is 0.266. The minimum absolute atomic E-state index is 0.0301. The molecule has 1 N–H and O–H groups in total. The summed E-state index contributed by atoms with van der Waals surface area (Å²) in [5.41, 5.74) is 0. The maximum Gasteiger partial charge on any atom is 0.242 e. The van der Waals surface area contributed by atoms with Crippen LogP contribution in [0, 0.1) is 5.92 Å². The smallest absolute Gasteiger partial charge is 0.242 e. The van der Waals surface area contributed by atoms with Crippen molar-refractivity contribution in [2.24, 2.45) is 5.92 Å². The lowest BCUT2D eigenvalue weighted by atomic mass is 10.0. The van der Waals surface area contributed by atoms with Gasteiger partial charge in [-0.05, 0) is 20.8 Å². The predicted molar refractivity (Wildman–Crippen MR) is 69.1 cm³/mol. The van der Waals surface area contributed by atoms with E-state index < -0.39 is 6.04 Å². The lowest BCUT2D eigenvalue weighted by Gasteiger charge is -2.34. The number of rotatable bonds is 2. The molecule has 2 atom stereocenters. The second-order valence-electron chi connectivity index (χ2n) is 5.54. The predicted octanol–water partition coefficient (Wildman–Crippen LogP) is -0.410. The molecule has 2 aliphatic heterocycles. The van der Waals surface area contributed by atoms with Gasteiger partial charge in [-0.15, -0.1) is 0 Å². The maximum absolute atomic E-state index is 12.4. The zero-order valence-electron chi connectivity index (χ0n) is 11.7. The van der Waals surface area contributed by atoms with Gasteiger partial charge in [0, 0.05) is 32.1 Å². The first kappa shape index (κ1) is 13.8. The van der Waals surface area contributed by atoms with Gasteiger partial charge < -0.3 is 15.1 Å². The average Bonchev–Trinajstić information content (AvgIpc) is 2.74. The van der Waals surface area contributed by atoms with Crippen LogP contribution in [-0.2, 0) is 14.4 Å². The first-order valence-electron chi connectivity index (χ1n) is 6.79. The van der Waals surface area contributed by atoms with E-state index in [9.17, 15) is 14.4 Å². The molecule has 3 amide bonds. The van der Waals surface area contributed by atoms with E-state index >= 15 is 0 Å². The monoisotopic (exact) mass is 267 g/mol. The number of likely N-dealkylation sites (tertiary alicyclic amines) is 1. The number of nitrogens with one attached hydrogen (secondary N) is 1. The van der Waals surface area contributed by atoms with Crippen molar-refractivity contribution in [3.8, 4) is 0 Å². The number of piperazine rings is 1. The zero-order chi connectivity index (χ0) is 14.2. The number of amides is 3. The lowest BCUT2D eigenvalue weighted by Crippen LogP contribution is -2.57. The third kappa shape index (κ3) is 2.57. The Labute approximate surface area is 113 Å². The van der Waals surface area contributed by atoms with Crippen LogP contribution in [0.3, 0.4) is 0 Å². The molecule has 0 aromatic heterocycles. The lowest BCUT2D eigenvalue weighted by molar-refractivity contribution is -0.145. The second-order valence-corrected chi connectivity index (χ2v) is 5.54. The molecule has 2 unspecified atom stereocenters. The van der Waals surface area contributed by atoms with Crippen LogP contribution >= 0.6 is 0 Å². The van der Waals surface area contributed by atoms with Crippen LogP contribution in [0.1, 0.15) is 27.2 Å². The van der Waals surface area contributed by atoms with E-state index in [-0.39, 0.29) is 36.1 Å². The normalized spacial score (nSPS) is 28.0. The molecule has 2 rings (SSSR count). The highest BCUT2D eigenvalue weighted by Gasteiger charge is 2.40. The van der Waals surface area contributed by atoms with Gasteiger partial charge in [-0.1, -0.05) is 0 Å². The van der Waals surface area contributed by atoms with Gasteiger partial charge in [0.1, 0.15) is 6.04 Å². The first-order valence-corrected chi connectivity index (χ1v) is 6.79. The van der Waals surface area contributed by atoms with Gasteiger partial charge in [0.2, 0.25) is 17.7 Å². The average molecular weight is 267 g/mol. The van der Waals surface area contributed by atoms with Gasteiger partial charge in [0.15, 0.2) is 0 Å². The molecule has 6 nitrogen and oxygen atoms in total. The molecule has 0 aromatic carbocycles. The number of carbonyl (C=O) groups excluding carboxylic acids is 3. The topological polar surface area (TPSA) is 69.7 Å². The van der Waals surface area contributed by atoms with Crippen molar-refractivity contribution >= 4 is 17.7 Å². The molecule has 0 radical (unpaired) electrons. The van der Waals surface area contributed by atoms with Gasteiger partial charge >= 0.3 is 0 Å². The van der Waals surface area contributed by atoms with Crippen LogP contribution in [0.5, 0.6) is 0 Å². The fraction of sp³-hybridized carbons (Fsp3) is 0.769. The van der Waals surface area contributed by atoms with Crippen molar-refractivity contribution in [2.45, 2.75) is 39.3 Å². The Kier molecular flexibility index (Phi) is 3.78. The summed E-state index contributed by atoms with van der Waals surface area (Å²) in [5, 5.41) is 2.73. The molecule has 2 aliphatic rings. The third-order valence-corrected chi connectivity index (χ3v) is 3.91. The van der Waals surface area contributed by atoms with Crippen LogP contribution in [0.15, 0.2) is 0 Å². The summed E-state index contributed by atoms with van der Waals surface area (Å²) >= 11 is 0. The van der Waals surface area contributed by atoms with E-state index in [2.05, 4.69) is 5.32 Å². The number of nitrogens with zero attached hydrogens (tertiary/aromatic N) is 2. The Balaban J connectivity index is 2.05. The fourth-order valence-electron chi connectivity index (χ4n) is 2.71. The van der Waals surface area contributed by atoms with Crippen molar-refractivity contribution in [2.75, 3.05) is 19.6 Å². The summed E-state index contributed by atoms with van der Waals surface area (Å²) < 4.78 is 0. The summed E-state index contributed by atoms with van der Waals surface area (Å²) in [5.74, 6) is -0.464.